The zero-order chi connectivity index (χ0) is 17.1. The number of benzene rings is 1. The van der Waals surface area contributed by atoms with Crippen LogP contribution < -0.4 is 4.74 Å². The Kier molecular flexibility index (Phi) is 5.58. The first-order valence-corrected chi connectivity index (χ1v) is 8.22. The zero-order valence-electron chi connectivity index (χ0n) is 11.8. The maximum atomic E-state index is 13.0. The van der Waals surface area contributed by atoms with E-state index in [1.54, 1.807) is 0 Å². The third-order valence-electron chi connectivity index (χ3n) is 2.66. The molecule has 1 atom stereocenters. The third kappa shape index (κ3) is 5.30. The van der Waals surface area contributed by atoms with Crippen molar-refractivity contribution in [1.82, 2.24) is 0 Å². The second-order valence-corrected chi connectivity index (χ2v) is 6.99. The smallest absolute Gasteiger partial charge is 0.419 e. The number of carbonyl (C=O) groups excluding carboxylic acids is 1. The zero-order valence-corrected chi connectivity index (χ0v) is 12.7. The molecule has 0 bridgehead atoms. The molecular weight excluding hydrogens is 325 g/mol. The lowest BCUT2D eigenvalue weighted by Gasteiger charge is -2.15. The second kappa shape index (κ2) is 6.66. The number of ether oxygens (including phenoxy) is 1. The van der Waals surface area contributed by atoms with Crippen LogP contribution in [0.3, 0.4) is 0 Å². The Bertz CT molecular complexity index is 650. The van der Waals surface area contributed by atoms with Gasteiger partial charge in [0.1, 0.15) is 18.5 Å². The fraction of sp³-hybridized carbons (Fsp3) is 0.462. The minimum Gasteiger partial charge on any atom is -0.492 e. The van der Waals surface area contributed by atoms with E-state index in [1.807, 2.05) is 0 Å². The van der Waals surface area contributed by atoms with Crippen LogP contribution in [0.5, 0.6) is 5.75 Å². The van der Waals surface area contributed by atoms with Crippen LogP contribution in [0.15, 0.2) is 18.2 Å². The topological polar surface area (TPSA) is 80.7 Å². The van der Waals surface area contributed by atoms with Gasteiger partial charge < -0.3 is 9.84 Å². The lowest BCUT2D eigenvalue weighted by atomic mass is 10.0. The number of sulfone groups is 1. The van der Waals surface area contributed by atoms with Crippen molar-refractivity contribution in [3.05, 3.63) is 29.3 Å². The van der Waals surface area contributed by atoms with E-state index < -0.39 is 51.6 Å². The molecule has 22 heavy (non-hydrogen) atoms. The van der Waals surface area contributed by atoms with Crippen LogP contribution in [-0.4, -0.2) is 44.0 Å². The Hall–Kier alpha value is -1.61. The summed E-state index contributed by atoms with van der Waals surface area (Å²) in [6, 6.07) is 2.59. The Labute approximate surface area is 125 Å². The highest BCUT2D eigenvalue weighted by molar-refractivity contribution is 7.90. The first-order chi connectivity index (χ1) is 9.92. The van der Waals surface area contributed by atoms with Gasteiger partial charge in [-0.25, -0.2) is 8.42 Å². The molecule has 1 rings (SSSR count). The fourth-order valence-corrected chi connectivity index (χ4v) is 1.96. The third-order valence-corrected chi connectivity index (χ3v) is 3.57. The van der Waals surface area contributed by atoms with Gasteiger partial charge in [0.2, 0.25) is 0 Å². The molecule has 0 aliphatic rings. The van der Waals surface area contributed by atoms with E-state index in [-0.39, 0.29) is 5.56 Å². The Morgan fingerprint density at radius 1 is 1.36 bits per heavy atom. The molecule has 0 aliphatic heterocycles. The molecule has 0 radical (unpaired) electrons. The van der Waals surface area contributed by atoms with Gasteiger partial charge >= 0.3 is 6.18 Å². The monoisotopic (exact) mass is 340 g/mol. The first-order valence-electron chi connectivity index (χ1n) is 6.16. The van der Waals surface area contributed by atoms with Gasteiger partial charge in [-0.15, -0.1) is 0 Å². The SMILES string of the molecule is C[C@H](O)C(=O)c1ccc(OCCS(C)(=O)=O)c(C(F)(F)F)c1. The molecule has 1 aromatic rings. The molecule has 1 N–H and O–H groups in total. The summed E-state index contributed by atoms with van der Waals surface area (Å²) in [5.41, 5.74) is -1.51. The molecule has 5 nitrogen and oxygen atoms in total. The van der Waals surface area contributed by atoms with Crippen molar-refractivity contribution >= 4 is 15.6 Å². The summed E-state index contributed by atoms with van der Waals surface area (Å²) in [5, 5.41) is 9.14. The summed E-state index contributed by atoms with van der Waals surface area (Å²) in [6.07, 6.45) is -5.28. The Balaban J connectivity index is 3.10. The van der Waals surface area contributed by atoms with Gasteiger partial charge in [-0.1, -0.05) is 0 Å². The van der Waals surface area contributed by atoms with Gasteiger partial charge in [0, 0.05) is 11.8 Å². The van der Waals surface area contributed by atoms with Crippen LogP contribution in [0.25, 0.3) is 0 Å². The van der Waals surface area contributed by atoms with E-state index in [0.717, 1.165) is 25.3 Å². The summed E-state index contributed by atoms with van der Waals surface area (Å²) in [6.45, 7) is 0.706. The summed E-state index contributed by atoms with van der Waals surface area (Å²) in [7, 11) is -3.37. The van der Waals surface area contributed by atoms with Crippen LogP contribution in [0.2, 0.25) is 0 Å². The molecule has 0 heterocycles. The van der Waals surface area contributed by atoms with Gasteiger partial charge in [-0.2, -0.15) is 13.2 Å². The Morgan fingerprint density at radius 2 is 1.95 bits per heavy atom. The van der Waals surface area contributed by atoms with E-state index >= 15 is 0 Å². The van der Waals surface area contributed by atoms with Crippen molar-refractivity contribution < 1.29 is 36.2 Å². The molecular formula is C13H15F3O5S. The number of hydrogen-bond donors (Lipinski definition) is 1. The summed E-state index contributed by atoms with van der Waals surface area (Å²) in [5.74, 6) is -1.86. The van der Waals surface area contributed by atoms with E-state index in [2.05, 4.69) is 0 Å². The van der Waals surface area contributed by atoms with Crippen molar-refractivity contribution in [2.75, 3.05) is 18.6 Å². The number of hydrogen-bond acceptors (Lipinski definition) is 5. The van der Waals surface area contributed by atoms with Gasteiger partial charge in [0.25, 0.3) is 0 Å². The second-order valence-electron chi connectivity index (χ2n) is 4.73. The van der Waals surface area contributed by atoms with Gasteiger partial charge in [0.05, 0.1) is 11.3 Å². The number of rotatable bonds is 6. The average molecular weight is 340 g/mol. The highest BCUT2D eigenvalue weighted by Gasteiger charge is 2.35. The standard InChI is InChI=1S/C13H15F3O5S/c1-8(17)12(18)9-3-4-11(10(7-9)13(14,15)16)21-5-6-22(2,19)20/h3-4,7-8,17H,5-6H2,1-2H3/t8-/m0/s1. The molecule has 1 aromatic carbocycles. The molecule has 0 fully saturated rings. The summed E-state index contributed by atoms with van der Waals surface area (Å²) >= 11 is 0. The minimum absolute atomic E-state index is 0.308. The normalized spacial score (nSPS) is 13.7. The maximum Gasteiger partial charge on any atom is 0.419 e. The van der Waals surface area contributed by atoms with Crippen molar-refractivity contribution in [3.8, 4) is 5.75 Å². The van der Waals surface area contributed by atoms with Gasteiger partial charge in [-0.05, 0) is 25.1 Å². The number of aliphatic hydroxyl groups is 1. The van der Waals surface area contributed by atoms with Gasteiger partial charge in [0.15, 0.2) is 15.6 Å². The number of alkyl halides is 3. The number of ketones is 1. The van der Waals surface area contributed by atoms with Gasteiger partial charge in [-0.3, -0.25) is 4.79 Å². The van der Waals surface area contributed by atoms with Crippen LogP contribution in [0.4, 0.5) is 13.2 Å². The van der Waals surface area contributed by atoms with Crippen LogP contribution in [-0.2, 0) is 16.0 Å². The van der Waals surface area contributed by atoms with Crippen LogP contribution >= 0.6 is 0 Å². The van der Waals surface area contributed by atoms with E-state index in [1.165, 1.54) is 0 Å². The van der Waals surface area contributed by atoms with E-state index in [9.17, 15) is 26.4 Å². The molecule has 0 saturated carbocycles. The van der Waals surface area contributed by atoms with Crippen LogP contribution in [0, 0.1) is 0 Å². The summed E-state index contributed by atoms with van der Waals surface area (Å²) in [4.78, 5) is 11.5. The quantitative estimate of drug-likeness (QED) is 0.797. The minimum atomic E-state index is -4.78. The fourth-order valence-electron chi connectivity index (χ4n) is 1.57. The molecule has 0 saturated heterocycles. The summed E-state index contributed by atoms with van der Waals surface area (Å²) < 4.78 is 65.7. The molecule has 0 amide bonds. The maximum absolute atomic E-state index is 13.0. The Morgan fingerprint density at radius 3 is 2.41 bits per heavy atom. The molecule has 0 aromatic heterocycles. The number of halogens is 3. The van der Waals surface area contributed by atoms with Crippen LogP contribution in [0.1, 0.15) is 22.8 Å². The largest absolute Gasteiger partial charge is 0.492 e. The predicted octanol–water partition coefficient (Wildman–Crippen LogP) is 1.69. The number of Topliss-reactive ketones (excluding diaryl/α,β-unsaturated/α-hetero) is 1. The first kappa shape index (κ1) is 18.4. The van der Waals surface area contributed by atoms with Crippen molar-refractivity contribution in [1.29, 1.82) is 0 Å². The molecule has 0 spiro atoms. The lowest BCUT2D eigenvalue weighted by Crippen LogP contribution is -2.19. The highest BCUT2D eigenvalue weighted by Crippen LogP contribution is 2.37. The number of aliphatic hydroxyl groups excluding tert-OH is 1. The molecule has 0 unspecified atom stereocenters. The average Bonchev–Trinajstić information content (AvgIpc) is 2.35. The molecule has 9 heteroatoms. The van der Waals surface area contributed by atoms with Crippen molar-refractivity contribution in [2.45, 2.75) is 19.2 Å². The highest BCUT2D eigenvalue weighted by atomic mass is 32.2. The lowest BCUT2D eigenvalue weighted by molar-refractivity contribution is -0.138. The molecule has 124 valence electrons. The van der Waals surface area contributed by atoms with E-state index in [0.29, 0.717) is 6.07 Å². The predicted molar refractivity (Wildman–Crippen MR) is 72.7 cm³/mol. The van der Waals surface area contributed by atoms with E-state index in [4.69, 9.17) is 9.84 Å². The molecule has 0 aliphatic carbocycles. The number of carbonyl (C=O) groups is 1. The van der Waals surface area contributed by atoms with Crippen molar-refractivity contribution in [3.63, 3.8) is 0 Å². The van der Waals surface area contributed by atoms with Crippen molar-refractivity contribution in [2.24, 2.45) is 0 Å².